The maximum Gasteiger partial charge on any atom is 0.192 e. The summed E-state index contributed by atoms with van der Waals surface area (Å²) in [5.74, 6) is 0. The highest BCUT2D eigenvalue weighted by atomic mass is 16.8. The summed E-state index contributed by atoms with van der Waals surface area (Å²) in [5, 5.41) is 0. The first-order chi connectivity index (χ1) is 6.40. The number of carbonyl (C=O) groups excluding carboxylic acids is 1. The number of carbonyl (C=O) groups is 1. The smallest absolute Gasteiger partial charge is 0.192 e. The molecule has 3 nitrogen and oxygen atoms in total. The second-order valence-electron chi connectivity index (χ2n) is 2.90. The molecule has 0 N–H and O–H groups in total. The van der Waals surface area contributed by atoms with Crippen LogP contribution in [0, 0.1) is 0 Å². The largest absolute Gasteiger partial charge is 0.345 e. The Bertz CT molecular complexity index is 283. The van der Waals surface area contributed by atoms with E-state index in [-0.39, 0.29) is 12.4 Å². The van der Waals surface area contributed by atoms with Crippen molar-refractivity contribution in [3.63, 3.8) is 0 Å². The molecule has 3 heteroatoms. The molecule has 1 heterocycles. The van der Waals surface area contributed by atoms with Crippen LogP contribution in [-0.2, 0) is 20.9 Å². The highest BCUT2D eigenvalue weighted by Crippen LogP contribution is 2.22. The average Bonchev–Trinajstić information content (AvgIpc) is 2.95. The minimum atomic E-state index is -0.344. The molecule has 1 aromatic rings. The van der Waals surface area contributed by atoms with Crippen molar-refractivity contribution in [2.24, 2.45) is 0 Å². The van der Waals surface area contributed by atoms with Gasteiger partial charge in [0.05, 0.1) is 6.61 Å². The van der Waals surface area contributed by atoms with Gasteiger partial charge in [0.2, 0.25) is 0 Å². The molecule has 1 fully saturated rings. The van der Waals surface area contributed by atoms with E-state index in [9.17, 15) is 4.79 Å². The number of epoxide rings is 1. The van der Waals surface area contributed by atoms with Gasteiger partial charge in [-0.25, -0.2) is 0 Å². The highest BCUT2D eigenvalue weighted by Gasteiger charge is 2.39. The van der Waals surface area contributed by atoms with Crippen molar-refractivity contribution in [3.05, 3.63) is 35.9 Å². The Hall–Kier alpha value is -1.19. The topological polar surface area (TPSA) is 38.8 Å². The van der Waals surface area contributed by atoms with Crippen LogP contribution in [-0.4, -0.2) is 18.7 Å². The zero-order valence-electron chi connectivity index (χ0n) is 7.05. The van der Waals surface area contributed by atoms with Gasteiger partial charge in [0.15, 0.2) is 18.7 Å². The fourth-order valence-electron chi connectivity index (χ4n) is 1.09. The fourth-order valence-corrected chi connectivity index (χ4v) is 1.09. The van der Waals surface area contributed by atoms with E-state index in [2.05, 4.69) is 0 Å². The van der Waals surface area contributed by atoms with E-state index in [0.29, 0.717) is 6.61 Å². The van der Waals surface area contributed by atoms with E-state index >= 15 is 0 Å². The van der Waals surface area contributed by atoms with Crippen molar-refractivity contribution < 1.29 is 14.3 Å². The number of benzene rings is 1. The third-order valence-electron chi connectivity index (χ3n) is 1.87. The molecule has 1 saturated heterocycles. The molecule has 0 aliphatic carbocycles. The van der Waals surface area contributed by atoms with Crippen LogP contribution in [0.3, 0.4) is 0 Å². The molecule has 0 radical (unpaired) electrons. The summed E-state index contributed by atoms with van der Waals surface area (Å²) in [4.78, 5) is 10.2. The Morgan fingerprint density at radius 3 is 2.77 bits per heavy atom. The summed E-state index contributed by atoms with van der Waals surface area (Å²) in [5.41, 5.74) is 1.09. The molecular formula is C10H10O3. The maximum absolute atomic E-state index is 10.2. The van der Waals surface area contributed by atoms with Crippen LogP contribution in [0.2, 0.25) is 0 Å². The minimum absolute atomic E-state index is 0.322. The Morgan fingerprint density at radius 1 is 1.38 bits per heavy atom. The number of hydrogen-bond donors (Lipinski definition) is 0. The van der Waals surface area contributed by atoms with Crippen LogP contribution < -0.4 is 0 Å². The number of ether oxygens (including phenoxy) is 2. The van der Waals surface area contributed by atoms with Crippen molar-refractivity contribution in [1.82, 2.24) is 0 Å². The molecule has 0 bridgehead atoms. The molecule has 13 heavy (non-hydrogen) atoms. The van der Waals surface area contributed by atoms with E-state index in [1.54, 1.807) is 0 Å². The van der Waals surface area contributed by atoms with Gasteiger partial charge in [-0.3, -0.25) is 0 Å². The molecule has 0 aromatic heterocycles. The lowest BCUT2D eigenvalue weighted by Gasteiger charge is -1.99. The third kappa shape index (κ3) is 2.14. The first-order valence-corrected chi connectivity index (χ1v) is 4.16. The molecule has 2 atom stereocenters. The highest BCUT2D eigenvalue weighted by molar-refractivity contribution is 5.59. The van der Waals surface area contributed by atoms with Gasteiger partial charge in [-0.05, 0) is 5.56 Å². The molecule has 2 rings (SSSR count). The van der Waals surface area contributed by atoms with E-state index in [0.717, 1.165) is 11.8 Å². The first kappa shape index (κ1) is 8.41. The normalized spacial score (nSPS) is 25.5. The predicted molar refractivity (Wildman–Crippen MR) is 46.0 cm³/mol. The predicted octanol–water partition coefficient (Wildman–Crippen LogP) is 1.13. The van der Waals surface area contributed by atoms with Crippen LogP contribution in [0.1, 0.15) is 5.56 Å². The van der Waals surface area contributed by atoms with Crippen LogP contribution in [0.5, 0.6) is 0 Å². The maximum atomic E-state index is 10.2. The van der Waals surface area contributed by atoms with Crippen molar-refractivity contribution in [1.29, 1.82) is 0 Å². The lowest BCUT2D eigenvalue weighted by atomic mass is 10.2. The van der Waals surface area contributed by atoms with Gasteiger partial charge >= 0.3 is 0 Å². The Labute approximate surface area is 76.3 Å². The Kier molecular flexibility index (Phi) is 2.38. The summed E-state index contributed by atoms with van der Waals surface area (Å²) < 4.78 is 10.2. The van der Waals surface area contributed by atoms with Crippen LogP contribution in [0.4, 0.5) is 0 Å². The molecule has 0 spiro atoms. The Balaban J connectivity index is 1.78. The van der Waals surface area contributed by atoms with Crippen LogP contribution in [0.15, 0.2) is 30.3 Å². The summed E-state index contributed by atoms with van der Waals surface area (Å²) in [6.07, 6.45) is 0.0942. The first-order valence-electron chi connectivity index (χ1n) is 4.16. The van der Waals surface area contributed by atoms with Crippen molar-refractivity contribution in [2.45, 2.75) is 19.0 Å². The third-order valence-corrected chi connectivity index (χ3v) is 1.87. The molecular weight excluding hydrogens is 168 g/mol. The van der Waals surface area contributed by atoms with Crippen LogP contribution in [0.25, 0.3) is 0 Å². The van der Waals surface area contributed by atoms with Gasteiger partial charge in [-0.15, -0.1) is 0 Å². The van der Waals surface area contributed by atoms with Crippen molar-refractivity contribution >= 4 is 6.29 Å². The van der Waals surface area contributed by atoms with E-state index in [1.165, 1.54) is 0 Å². The van der Waals surface area contributed by atoms with Gasteiger partial charge in [-0.2, -0.15) is 0 Å². The second kappa shape index (κ2) is 3.68. The SMILES string of the molecule is O=C[C@@H]1O[C@@H]1OCc1ccccc1. The lowest BCUT2D eigenvalue weighted by molar-refractivity contribution is -0.108. The second-order valence-corrected chi connectivity index (χ2v) is 2.90. The van der Waals surface area contributed by atoms with Gasteiger partial charge in [0.25, 0.3) is 0 Å². The van der Waals surface area contributed by atoms with Crippen molar-refractivity contribution in [2.75, 3.05) is 0 Å². The quantitative estimate of drug-likeness (QED) is 0.512. The lowest BCUT2D eigenvalue weighted by Crippen LogP contribution is -2.00. The fraction of sp³-hybridized carbons (Fsp3) is 0.300. The van der Waals surface area contributed by atoms with E-state index in [4.69, 9.17) is 9.47 Å². The molecule has 0 amide bonds. The standard InChI is InChI=1S/C10H10O3/c11-6-9-10(13-9)12-7-8-4-2-1-3-5-8/h1-6,9-10H,7H2/t9-,10-/m0/s1. The molecule has 0 unspecified atom stereocenters. The zero-order chi connectivity index (χ0) is 9.10. The number of aldehydes is 1. The molecule has 1 aliphatic rings. The zero-order valence-corrected chi connectivity index (χ0v) is 7.05. The minimum Gasteiger partial charge on any atom is -0.345 e. The van der Waals surface area contributed by atoms with E-state index in [1.807, 2.05) is 30.3 Å². The van der Waals surface area contributed by atoms with Gasteiger partial charge in [-0.1, -0.05) is 30.3 Å². The molecule has 0 saturated carbocycles. The summed E-state index contributed by atoms with van der Waals surface area (Å²) in [6, 6.07) is 9.79. The van der Waals surface area contributed by atoms with Crippen molar-refractivity contribution in [3.8, 4) is 0 Å². The van der Waals surface area contributed by atoms with E-state index < -0.39 is 0 Å². The van der Waals surface area contributed by atoms with Crippen LogP contribution >= 0.6 is 0 Å². The monoisotopic (exact) mass is 178 g/mol. The number of rotatable bonds is 4. The molecule has 68 valence electrons. The molecule has 1 aliphatic heterocycles. The summed E-state index contributed by atoms with van der Waals surface area (Å²) >= 11 is 0. The molecule has 1 aromatic carbocycles. The summed E-state index contributed by atoms with van der Waals surface area (Å²) in [7, 11) is 0. The van der Waals surface area contributed by atoms with Gasteiger partial charge in [0, 0.05) is 0 Å². The Morgan fingerprint density at radius 2 is 2.15 bits per heavy atom. The summed E-state index contributed by atoms with van der Waals surface area (Å²) in [6.45, 7) is 0.496. The van der Waals surface area contributed by atoms with Gasteiger partial charge in [0.1, 0.15) is 0 Å². The number of hydrogen-bond acceptors (Lipinski definition) is 3. The average molecular weight is 178 g/mol. The van der Waals surface area contributed by atoms with Gasteiger partial charge < -0.3 is 14.3 Å².